The predicted molar refractivity (Wildman–Crippen MR) is 60.8 cm³/mol. The molecule has 0 unspecified atom stereocenters. The van der Waals surface area contributed by atoms with E-state index in [9.17, 15) is 9.59 Å². The standard InChI is InChI=1S/C9H15N3O3S/c1-12(4-2-3-10)8(13)6-16-5-7(11)9(14)15/h7H,2,4-6,11H2,1H3,(H,14,15)/t7-/m1/s1. The third-order valence-electron chi connectivity index (χ3n) is 1.82. The minimum Gasteiger partial charge on any atom is -0.480 e. The van der Waals surface area contributed by atoms with E-state index in [-0.39, 0.29) is 17.4 Å². The molecule has 3 N–H and O–H groups in total. The van der Waals surface area contributed by atoms with E-state index in [0.29, 0.717) is 13.0 Å². The highest BCUT2D eigenvalue weighted by Gasteiger charge is 2.13. The van der Waals surface area contributed by atoms with Gasteiger partial charge in [-0.1, -0.05) is 0 Å². The molecule has 0 aliphatic rings. The number of thioether (sulfide) groups is 1. The highest BCUT2D eigenvalue weighted by atomic mass is 32.2. The van der Waals surface area contributed by atoms with Crippen LogP contribution in [0, 0.1) is 11.3 Å². The number of hydrogen-bond acceptors (Lipinski definition) is 5. The molecular weight excluding hydrogens is 230 g/mol. The van der Waals surface area contributed by atoms with Gasteiger partial charge in [0, 0.05) is 19.3 Å². The first-order chi connectivity index (χ1) is 7.49. The lowest BCUT2D eigenvalue weighted by Gasteiger charge is -2.15. The summed E-state index contributed by atoms with van der Waals surface area (Å²) in [6, 6.07) is 1.00. The number of nitriles is 1. The fraction of sp³-hybridized carbons (Fsp3) is 0.667. The summed E-state index contributed by atoms with van der Waals surface area (Å²) in [6.07, 6.45) is 0.293. The first kappa shape index (κ1) is 14.7. The molecule has 7 heteroatoms. The quantitative estimate of drug-likeness (QED) is 0.626. The first-order valence-corrected chi connectivity index (χ1v) is 5.81. The SMILES string of the molecule is CN(CCC#N)C(=O)CSC[C@@H](N)C(=O)O. The lowest BCUT2D eigenvalue weighted by Crippen LogP contribution is -2.34. The third kappa shape index (κ3) is 6.27. The van der Waals surface area contributed by atoms with Crippen molar-refractivity contribution in [3.63, 3.8) is 0 Å². The van der Waals surface area contributed by atoms with E-state index in [1.807, 2.05) is 6.07 Å². The number of nitrogens with two attached hydrogens (primary N) is 1. The molecular formula is C9H15N3O3S. The summed E-state index contributed by atoms with van der Waals surface area (Å²) in [5.74, 6) is -0.814. The average molecular weight is 245 g/mol. The van der Waals surface area contributed by atoms with Gasteiger partial charge in [0.05, 0.1) is 18.2 Å². The second-order valence-electron chi connectivity index (χ2n) is 3.18. The van der Waals surface area contributed by atoms with Crippen LogP contribution in [-0.2, 0) is 9.59 Å². The molecule has 0 aliphatic heterocycles. The molecule has 0 aliphatic carbocycles. The summed E-state index contributed by atoms with van der Waals surface area (Å²) in [6.45, 7) is 0.390. The van der Waals surface area contributed by atoms with Gasteiger partial charge in [0.2, 0.25) is 5.91 Å². The molecule has 16 heavy (non-hydrogen) atoms. The zero-order valence-electron chi connectivity index (χ0n) is 9.05. The van der Waals surface area contributed by atoms with Crippen LogP contribution >= 0.6 is 11.8 Å². The molecule has 0 heterocycles. The number of rotatable bonds is 7. The van der Waals surface area contributed by atoms with Gasteiger partial charge in [-0.15, -0.1) is 11.8 Å². The van der Waals surface area contributed by atoms with E-state index in [2.05, 4.69) is 0 Å². The molecule has 0 fully saturated rings. The molecule has 0 saturated carbocycles. The molecule has 0 saturated heterocycles. The molecule has 1 amide bonds. The molecule has 0 aromatic rings. The van der Waals surface area contributed by atoms with Crippen molar-refractivity contribution in [1.29, 1.82) is 5.26 Å². The minimum absolute atomic E-state index is 0.127. The van der Waals surface area contributed by atoms with E-state index >= 15 is 0 Å². The number of aliphatic carboxylic acids is 1. The Morgan fingerprint density at radius 2 is 2.25 bits per heavy atom. The Balaban J connectivity index is 3.73. The largest absolute Gasteiger partial charge is 0.480 e. The van der Waals surface area contributed by atoms with Gasteiger partial charge in [0.1, 0.15) is 6.04 Å². The van der Waals surface area contributed by atoms with Crippen LogP contribution < -0.4 is 5.73 Å². The number of hydrogen-bond donors (Lipinski definition) is 2. The second-order valence-corrected chi connectivity index (χ2v) is 4.21. The van der Waals surface area contributed by atoms with Crippen molar-refractivity contribution in [1.82, 2.24) is 4.90 Å². The van der Waals surface area contributed by atoms with Crippen molar-refractivity contribution in [2.75, 3.05) is 25.1 Å². The fourth-order valence-electron chi connectivity index (χ4n) is 0.797. The monoisotopic (exact) mass is 245 g/mol. The van der Waals surface area contributed by atoms with Crippen molar-refractivity contribution < 1.29 is 14.7 Å². The Hall–Kier alpha value is -1.26. The van der Waals surface area contributed by atoms with Gasteiger partial charge in [-0.25, -0.2) is 0 Å². The van der Waals surface area contributed by atoms with Crippen LogP contribution in [0.3, 0.4) is 0 Å². The second kappa shape index (κ2) is 7.96. The molecule has 90 valence electrons. The Morgan fingerprint density at radius 1 is 1.62 bits per heavy atom. The molecule has 0 aromatic carbocycles. The van der Waals surface area contributed by atoms with Gasteiger partial charge in [0.15, 0.2) is 0 Å². The van der Waals surface area contributed by atoms with Crippen LogP contribution in [0.1, 0.15) is 6.42 Å². The summed E-state index contributed by atoms with van der Waals surface area (Å²) in [7, 11) is 1.61. The van der Waals surface area contributed by atoms with Crippen LogP contribution in [0.25, 0.3) is 0 Å². The lowest BCUT2D eigenvalue weighted by atomic mass is 10.4. The minimum atomic E-state index is -1.07. The normalized spacial score (nSPS) is 11.6. The van der Waals surface area contributed by atoms with Crippen LogP contribution in [0.15, 0.2) is 0 Å². The van der Waals surface area contributed by atoms with E-state index in [0.717, 1.165) is 0 Å². The van der Waals surface area contributed by atoms with Crippen LogP contribution in [0.2, 0.25) is 0 Å². The van der Waals surface area contributed by atoms with Crippen molar-refractivity contribution in [3.8, 4) is 6.07 Å². The molecule has 6 nitrogen and oxygen atoms in total. The zero-order chi connectivity index (χ0) is 12.6. The number of carbonyl (C=O) groups excluding carboxylic acids is 1. The molecule has 0 aromatic heterocycles. The molecule has 0 bridgehead atoms. The number of carboxylic acids is 1. The van der Waals surface area contributed by atoms with Crippen LogP contribution in [0.4, 0.5) is 0 Å². The number of amides is 1. The topological polar surface area (TPSA) is 107 Å². The van der Waals surface area contributed by atoms with E-state index < -0.39 is 12.0 Å². The van der Waals surface area contributed by atoms with E-state index in [4.69, 9.17) is 16.1 Å². The molecule has 0 spiro atoms. The molecule has 0 radical (unpaired) electrons. The number of carboxylic acid groups (broad SMARTS) is 1. The van der Waals surface area contributed by atoms with Gasteiger partial charge in [-0.05, 0) is 0 Å². The molecule has 0 rings (SSSR count). The molecule has 1 atom stereocenters. The number of nitrogens with zero attached hydrogens (tertiary/aromatic N) is 2. The van der Waals surface area contributed by atoms with Crippen molar-refractivity contribution in [2.24, 2.45) is 5.73 Å². The highest BCUT2D eigenvalue weighted by molar-refractivity contribution is 8.00. The van der Waals surface area contributed by atoms with Gasteiger partial charge >= 0.3 is 5.97 Å². The van der Waals surface area contributed by atoms with Crippen LogP contribution in [-0.4, -0.2) is 53.0 Å². The Bertz CT molecular complexity index is 290. The van der Waals surface area contributed by atoms with Gasteiger partial charge in [-0.2, -0.15) is 5.26 Å². The summed E-state index contributed by atoms with van der Waals surface area (Å²) in [5.41, 5.74) is 5.27. The summed E-state index contributed by atoms with van der Waals surface area (Å²) in [4.78, 5) is 23.2. The zero-order valence-corrected chi connectivity index (χ0v) is 9.87. The smallest absolute Gasteiger partial charge is 0.321 e. The Morgan fingerprint density at radius 3 is 2.75 bits per heavy atom. The first-order valence-electron chi connectivity index (χ1n) is 4.66. The summed E-state index contributed by atoms with van der Waals surface area (Å²) >= 11 is 1.18. The van der Waals surface area contributed by atoms with Crippen LogP contribution in [0.5, 0.6) is 0 Å². The average Bonchev–Trinajstić information content (AvgIpc) is 2.25. The van der Waals surface area contributed by atoms with Gasteiger partial charge < -0.3 is 15.7 Å². The number of carbonyl (C=O) groups is 2. The van der Waals surface area contributed by atoms with Gasteiger partial charge in [-0.3, -0.25) is 9.59 Å². The van der Waals surface area contributed by atoms with Gasteiger partial charge in [0.25, 0.3) is 0 Å². The van der Waals surface area contributed by atoms with E-state index in [1.165, 1.54) is 16.7 Å². The maximum absolute atomic E-state index is 11.4. The predicted octanol–water partition coefficient (Wildman–Crippen LogP) is -0.496. The Kier molecular flexibility index (Phi) is 7.33. The maximum Gasteiger partial charge on any atom is 0.321 e. The summed E-state index contributed by atoms with van der Waals surface area (Å²) < 4.78 is 0. The third-order valence-corrected chi connectivity index (χ3v) is 2.87. The van der Waals surface area contributed by atoms with E-state index in [1.54, 1.807) is 7.05 Å². The fourth-order valence-corrected chi connectivity index (χ4v) is 1.71. The summed E-state index contributed by atoms with van der Waals surface area (Å²) in [5, 5.41) is 16.8. The highest BCUT2D eigenvalue weighted by Crippen LogP contribution is 2.04. The maximum atomic E-state index is 11.4. The van der Waals surface area contributed by atoms with Crippen molar-refractivity contribution in [2.45, 2.75) is 12.5 Å². The Labute approximate surface area is 98.4 Å². The van der Waals surface area contributed by atoms with Crippen molar-refractivity contribution in [3.05, 3.63) is 0 Å². The van der Waals surface area contributed by atoms with Crippen molar-refractivity contribution >= 4 is 23.6 Å². The lowest BCUT2D eigenvalue weighted by molar-refractivity contribution is -0.138.